The van der Waals surface area contributed by atoms with Crippen molar-refractivity contribution in [3.05, 3.63) is 189 Å². The van der Waals surface area contributed by atoms with E-state index in [0.717, 1.165) is 58.6 Å². The quantitative estimate of drug-likeness (QED) is 0.121. The molecule has 2 aliphatic carbocycles. The largest absolute Gasteiger partial charge is 0.326 e. The number of carbonyl (C=O) groups excluding carboxylic acids is 3. The Hall–Kier alpha value is -9.62. The van der Waals surface area contributed by atoms with Crippen molar-refractivity contribution in [1.29, 1.82) is 0 Å². The van der Waals surface area contributed by atoms with Gasteiger partial charge in [0, 0.05) is 111 Å². The van der Waals surface area contributed by atoms with Crippen molar-refractivity contribution in [3.8, 4) is 61.7 Å². The molecule has 8 heterocycles. The standard InChI is InChI=1S/2C10H16O.C9H14N2.C9H12N2.C9H14N2.C9H12N2.3C9H11NS.C7H11FN2.C7H12O/c1-10(2,3)8-5-4-6-9(11)7-8;1-10(2,3)8-6-4-5-7-9(8)11;2*1-5-8-10-6-7-11(8)9(2,3)4;2*1-5-8-6-7-11(10-8)9(2,3)4;1-5-8-10-7(6-11-8)9(2,3)4;1-5-8-10-6-7(11-8)9(2,3)4;1-5-8-7(6-11-10-8)9(2,3)4;1-7(2,3)10-5-4-6(8)9-10;1-5-6(8)7(2,3)4/h4,6,8H,5,7H2,1-3H3;5,7-8H,4,6H2,1-3H3;5-7H,1H2,2-4H3;1,6-7H,2-4H3;5-7H,1H2,2-4H3;1,6-7H,2-4H3;3*1,6H,2-4H3;4-5H,1-3H3;5H,1H2,2-4H3. The van der Waals surface area contributed by atoms with Crippen molar-refractivity contribution < 1.29 is 18.8 Å². The van der Waals surface area contributed by atoms with Crippen molar-refractivity contribution >= 4 is 63.7 Å². The second kappa shape index (κ2) is 46.5. The molecule has 8 aromatic heterocycles. The second-order valence-electron chi connectivity index (χ2n) is 39.1. The lowest BCUT2D eigenvalue weighted by molar-refractivity contribution is -0.122. The van der Waals surface area contributed by atoms with E-state index in [0.29, 0.717) is 23.2 Å². The van der Waals surface area contributed by atoms with Crippen LogP contribution in [-0.4, -0.2) is 80.1 Å². The van der Waals surface area contributed by atoms with E-state index in [1.165, 1.54) is 45.5 Å². The zero-order chi connectivity index (χ0) is 90.9. The maximum atomic E-state index is 12.3. The van der Waals surface area contributed by atoms with Gasteiger partial charge >= 0.3 is 0 Å². The molecule has 0 radical (unpaired) electrons. The number of aromatic nitrogens is 13. The smallest absolute Gasteiger partial charge is 0.232 e. The van der Waals surface area contributed by atoms with Crippen molar-refractivity contribution in [1.82, 2.24) is 62.8 Å². The molecule has 0 fully saturated rings. The number of carbonyl (C=O) groups is 3. The van der Waals surface area contributed by atoms with Crippen molar-refractivity contribution in [2.45, 2.75) is 298 Å². The van der Waals surface area contributed by atoms with Gasteiger partial charge in [0.15, 0.2) is 33.2 Å². The van der Waals surface area contributed by atoms with Crippen molar-refractivity contribution in [2.24, 2.45) is 28.1 Å². The third kappa shape index (κ3) is 40.9. The molecule has 0 aliphatic heterocycles. The highest BCUT2D eigenvalue weighted by Gasteiger charge is 2.31. The molecule has 117 heavy (non-hydrogen) atoms. The molecule has 20 heteroatoms. The lowest BCUT2D eigenvalue weighted by Gasteiger charge is -2.30. The van der Waals surface area contributed by atoms with Crippen molar-refractivity contribution in [2.75, 3.05) is 0 Å². The summed E-state index contributed by atoms with van der Waals surface area (Å²) in [7, 11) is 0. The highest BCUT2D eigenvalue weighted by atomic mass is 32.1. The number of imidazole rings is 2. The average molecular weight is 1650 g/mol. The Morgan fingerprint density at radius 3 is 1.37 bits per heavy atom. The first-order valence-electron chi connectivity index (χ1n) is 39.2. The Morgan fingerprint density at radius 2 is 1.08 bits per heavy atom. The number of ketones is 3. The Bertz CT molecular complexity index is 4470. The Balaban J connectivity index is 0.00000127. The van der Waals surface area contributed by atoms with Crippen LogP contribution in [0, 0.1) is 95.7 Å². The van der Waals surface area contributed by atoms with Gasteiger partial charge in [-0.3, -0.25) is 28.4 Å². The predicted octanol–water partition coefficient (Wildman–Crippen LogP) is 23.8. The van der Waals surface area contributed by atoms with Crippen LogP contribution in [0.2, 0.25) is 0 Å². The molecule has 8 aromatic rings. The third-order valence-corrected chi connectivity index (χ3v) is 19.9. The van der Waals surface area contributed by atoms with Gasteiger partial charge in [-0.1, -0.05) is 157 Å². The van der Waals surface area contributed by atoms with Crippen LogP contribution >= 0.6 is 34.2 Å². The molecule has 0 saturated heterocycles. The zero-order valence-corrected chi connectivity index (χ0v) is 79.6. The van der Waals surface area contributed by atoms with Gasteiger partial charge in [-0.2, -0.15) is 19.0 Å². The second-order valence-corrected chi connectivity index (χ2v) is 41.6. The molecule has 0 N–H and O–H groups in total. The molecule has 0 aromatic carbocycles. The molecule has 0 bridgehead atoms. The molecule has 0 saturated carbocycles. The van der Waals surface area contributed by atoms with Crippen LogP contribution in [0.5, 0.6) is 0 Å². The fraction of sp³-hybridized carbons (Fsp3) is 0.515. The third-order valence-electron chi connectivity index (χ3n) is 17.1. The molecule has 0 amide bonds. The van der Waals surface area contributed by atoms with E-state index in [1.54, 1.807) is 58.9 Å². The summed E-state index contributed by atoms with van der Waals surface area (Å²) in [5.74, 6) is 15.3. The van der Waals surface area contributed by atoms with Gasteiger partial charge in [0.2, 0.25) is 5.95 Å². The molecule has 2 atom stereocenters. The number of allylic oxidation sites excluding steroid dienone is 5. The van der Waals surface area contributed by atoms with E-state index in [4.69, 9.17) is 32.1 Å². The minimum Gasteiger partial charge on any atom is -0.326 e. The summed E-state index contributed by atoms with van der Waals surface area (Å²) in [6, 6.07) is 5.15. The molecule has 2 aliphatic rings. The van der Waals surface area contributed by atoms with Gasteiger partial charge in [-0.15, -0.1) is 59.9 Å². The first kappa shape index (κ1) is 107. The minimum absolute atomic E-state index is 0.0229. The summed E-state index contributed by atoms with van der Waals surface area (Å²) >= 11 is 4.55. The van der Waals surface area contributed by atoms with E-state index in [1.807, 2.05) is 122 Å². The van der Waals surface area contributed by atoms with Gasteiger partial charge in [0.1, 0.15) is 17.2 Å². The lowest BCUT2D eigenvalue weighted by Crippen LogP contribution is -2.28. The highest BCUT2D eigenvalue weighted by Crippen LogP contribution is 2.35. The number of rotatable bonds is 3. The number of hydrogen-bond donors (Lipinski definition) is 0. The molecule has 10 rings (SSSR count). The number of hydrogen-bond acceptors (Lipinski definition) is 14. The predicted molar refractivity (Wildman–Crippen MR) is 496 cm³/mol. The van der Waals surface area contributed by atoms with Crippen LogP contribution in [0.15, 0.2) is 129 Å². The fourth-order valence-corrected chi connectivity index (χ4v) is 12.3. The molecule has 2 unspecified atom stereocenters. The van der Waals surface area contributed by atoms with E-state index >= 15 is 0 Å². The van der Waals surface area contributed by atoms with E-state index in [9.17, 15) is 18.8 Å². The van der Waals surface area contributed by atoms with Gasteiger partial charge in [0.25, 0.3) is 0 Å². The van der Waals surface area contributed by atoms with E-state index < -0.39 is 5.95 Å². The molecule has 0 spiro atoms. The SMILES string of the molecule is C#Cc1ccn(C(C)(C)C)n1.C#Cc1nc(C(C)(C)C)cs1.C#Cc1ncc(C(C)(C)C)s1.C#Cc1nccn1C(C)(C)C.C#Cc1nscc1C(C)(C)C.C=CC(=O)C(C)(C)C.C=Cc1ccn(C(C)(C)C)n1.C=Cc1nccn1C(C)(C)C.CC(C)(C)C1CC=CC(=O)C1.CC(C)(C)C1CCC=CC1=O.CC(C)(C)n1ccc(F)n1. The highest BCUT2D eigenvalue weighted by molar-refractivity contribution is 7.12. The lowest BCUT2D eigenvalue weighted by atomic mass is 9.74. The number of thiazole rings is 2. The van der Waals surface area contributed by atoms with Crippen LogP contribution in [-0.2, 0) is 58.3 Å². The summed E-state index contributed by atoms with van der Waals surface area (Å²) < 4.78 is 25.9. The summed E-state index contributed by atoms with van der Waals surface area (Å²) in [6.07, 6.45) is 57.1. The van der Waals surface area contributed by atoms with Crippen LogP contribution in [0.3, 0.4) is 0 Å². The Labute approximate surface area is 718 Å². The van der Waals surface area contributed by atoms with Crippen LogP contribution < -0.4 is 0 Å². The maximum Gasteiger partial charge on any atom is 0.232 e. The fourth-order valence-electron chi connectivity index (χ4n) is 9.80. The van der Waals surface area contributed by atoms with Crippen LogP contribution in [0.4, 0.5) is 4.39 Å². The maximum absolute atomic E-state index is 12.3. The van der Waals surface area contributed by atoms with E-state index in [-0.39, 0.29) is 77.7 Å². The topological polar surface area (TPSA) is 179 Å². The molecule has 636 valence electrons. The van der Waals surface area contributed by atoms with Crippen LogP contribution in [0.1, 0.15) is 309 Å². The van der Waals surface area contributed by atoms with Gasteiger partial charge in [-0.25, -0.2) is 19.9 Å². The van der Waals surface area contributed by atoms with Gasteiger partial charge in [0.05, 0.1) is 28.0 Å². The average Bonchev–Trinajstić information content (AvgIpc) is 1.71. The molecular formula is C97H140FN13O3S3. The number of halogens is 1. The Morgan fingerprint density at radius 1 is 0.547 bits per heavy atom. The monoisotopic (exact) mass is 1650 g/mol. The first-order chi connectivity index (χ1) is 53.3. The molecular weight excluding hydrogens is 1510 g/mol. The normalized spacial score (nSPS) is 14.0. The first-order valence-corrected chi connectivity index (χ1v) is 41.8. The number of terminal acetylenes is 5. The summed E-state index contributed by atoms with van der Waals surface area (Å²) in [5, 5.41) is 17.7. The summed E-state index contributed by atoms with van der Waals surface area (Å²) in [5.41, 5.74) is 5.35. The van der Waals surface area contributed by atoms with Crippen molar-refractivity contribution in [3.63, 3.8) is 0 Å². The minimum atomic E-state index is -0.421. The Kier molecular flexibility index (Phi) is 42.7. The zero-order valence-electron chi connectivity index (χ0n) is 77.2. The number of nitrogens with zero attached hydrogens (tertiary/aromatic N) is 13. The molecule has 16 nitrogen and oxygen atoms in total. The van der Waals surface area contributed by atoms with Gasteiger partial charge in [-0.05, 0) is 234 Å². The van der Waals surface area contributed by atoms with Crippen LogP contribution in [0.25, 0.3) is 12.2 Å². The van der Waals surface area contributed by atoms with E-state index in [2.05, 4.69) is 280 Å². The summed E-state index contributed by atoms with van der Waals surface area (Å²) in [4.78, 5) is 50.9. The summed E-state index contributed by atoms with van der Waals surface area (Å²) in [6.45, 7) is 79.8. The van der Waals surface area contributed by atoms with Gasteiger partial charge < -0.3 is 9.13 Å².